The molecule has 1 aliphatic heterocycles. The van der Waals surface area contributed by atoms with Crippen LogP contribution < -0.4 is 25.0 Å². The molecule has 2 aromatic carbocycles. The average Bonchev–Trinajstić information content (AvgIpc) is 3.13. The molecular weight excluding hydrogens is 462 g/mol. The Kier molecular flexibility index (Phi) is 5.13. The van der Waals surface area contributed by atoms with Gasteiger partial charge >= 0.3 is 0 Å². The number of nitrogens with one attached hydrogen (secondary N) is 1. The Labute approximate surface area is 199 Å². The van der Waals surface area contributed by atoms with E-state index in [0.717, 1.165) is 0 Å². The molecule has 2 aliphatic rings. The van der Waals surface area contributed by atoms with Crippen molar-refractivity contribution in [1.82, 2.24) is 0 Å². The van der Waals surface area contributed by atoms with Gasteiger partial charge in [-0.2, -0.15) is 0 Å². The van der Waals surface area contributed by atoms with E-state index in [2.05, 4.69) is 5.32 Å². The summed E-state index contributed by atoms with van der Waals surface area (Å²) in [6.07, 6.45) is 3.04. The highest BCUT2D eigenvalue weighted by Crippen LogP contribution is 2.53. The zero-order valence-electron chi connectivity index (χ0n) is 18.6. The first-order chi connectivity index (χ1) is 16.3. The van der Waals surface area contributed by atoms with Crippen LogP contribution in [0.2, 0.25) is 5.02 Å². The molecule has 1 spiro atoms. The molecule has 174 valence electrons. The molecule has 1 aromatic heterocycles. The zero-order valence-corrected chi connectivity index (χ0v) is 19.3. The van der Waals surface area contributed by atoms with E-state index in [1.165, 1.54) is 38.7 Å². The minimum Gasteiger partial charge on any atom is -0.496 e. The molecule has 34 heavy (non-hydrogen) atoms. The number of hydrogen-bond donors (Lipinski definition) is 1. The van der Waals surface area contributed by atoms with Crippen molar-refractivity contribution in [1.29, 1.82) is 0 Å². The largest absolute Gasteiger partial charge is 0.496 e. The van der Waals surface area contributed by atoms with Crippen molar-refractivity contribution in [3.8, 4) is 17.2 Å². The van der Waals surface area contributed by atoms with Crippen LogP contribution in [0.1, 0.15) is 23.7 Å². The Morgan fingerprint density at radius 2 is 1.85 bits per heavy atom. The smallest absolute Gasteiger partial charge is 0.236 e. The highest BCUT2D eigenvalue weighted by molar-refractivity contribution is 6.36. The van der Waals surface area contributed by atoms with Crippen molar-refractivity contribution in [3.63, 3.8) is 0 Å². The summed E-state index contributed by atoms with van der Waals surface area (Å²) in [5.41, 5.74) is -0.130. The maximum absolute atomic E-state index is 13.6. The van der Waals surface area contributed by atoms with Crippen molar-refractivity contribution in [3.05, 3.63) is 69.2 Å². The summed E-state index contributed by atoms with van der Waals surface area (Å²) >= 11 is 6.41. The summed E-state index contributed by atoms with van der Waals surface area (Å²) in [6.45, 7) is 1.77. The molecule has 1 N–H and O–H groups in total. The molecular formula is C25H20ClNO7. The van der Waals surface area contributed by atoms with Crippen molar-refractivity contribution < 1.29 is 28.2 Å². The van der Waals surface area contributed by atoms with Crippen molar-refractivity contribution in [2.75, 3.05) is 19.5 Å². The lowest BCUT2D eigenvalue weighted by Gasteiger charge is -2.35. The first-order valence-corrected chi connectivity index (χ1v) is 10.9. The van der Waals surface area contributed by atoms with Crippen LogP contribution >= 0.6 is 11.6 Å². The van der Waals surface area contributed by atoms with Gasteiger partial charge in [0.05, 0.1) is 25.9 Å². The van der Waals surface area contributed by atoms with Gasteiger partial charge in [-0.25, -0.2) is 0 Å². The first-order valence-electron chi connectivity index (χ1n) is 10.5. The highest BCUT2D eigenvalue weighted by Gasteiger charge is 2.60. The topological polar surface area (TPSA) is 104 Å². The fourth-order valence-electron chi connectivity index (χ4n) is 4.56. The lowest BCUT2D eigenvalue weighted by atomic mass is 9.74. The lowest BCUT2D eigenvalue weighted by Crippen LogP contribution is -2.55. The number of ether oxygens (including phenoxy) is 3. The predicted molar refractivity (Wildman–Crippen MR) is 125 cm³/mol. The van der Waals surface area contributed by atoms with Crippen molar-refractivity contribution in [2.45, 2.75) is 18.9 Å². The number of benzene rings is 2. The van der Waals surface area contributed by atoms with Crippen LogP contribution in [0, 0.1) is 5.92 Å². The van der Waals surface area contributed by atoms with Gasteiger partial charge in [-0.3, -0.25) is 14.4 Å². The van der Waals surface area contributed by atoms with Gasteiger partial charge in [0, 0.05) is 35.5 Å². The maximum Gasteiger partial charge on any atom is 0.236 e. The number of rotatable bonds is 4. The molecule has 0 saturated carbocycles. The van der Waals surface area contributed by atoms with Gasteiger partial charge in [0.2, 0.25) is 17.2 Å². The monoisotopic (exact) mass is 481 g/mol. The first kappa shape index (κ1) is 22.0. The van der Waals surface area contributed by atoms with E-state index in [4.69, 9.17) is 30.2 Å². The molecule has 3 aromatic rings. The molecule has 0 amide bonds. The van der Waals surface area contributed by atoms with Gasteiger partial charge in [0.1, 0.15) is 27.7 Å². The van der Waals surface area contributed by atoms with Crippen LogP contribution in [-0.2, 0) is 4.79 Å². The number of carbonyl (C=O) groups excluding carboxylic acids is 2. The van der Waals surface area contributed by atoms with Gasteiger partial charge in [-0.05, 0) is 24.6 Å². The van der Waals surface area contributed by atoms with Crippen LogP contribution in [0.5, 0.6) is 17.2 Å². The van der Waals surface area contributed by atoms with Gasteiger partial charge in [-0.1, -0.05) is 18.5 Å². The second kappa shape index (κ2) is 7.92. The van der Waals surface area contributed by atoms with E-state index in [-0.39, 0.29) is 33.3 Å². The maximum atomic E-state index is 13.6. The Balaban J connectivity index is 1.51. The number of allylic oxidation sites excluding steroid dienone is 1. The van der Waals surface area contributed by atoms with Crippen molar-refractivity contribution in [2.24, 2.45) is 5.92 Å². The SMILES string of the molecule is COc1cc(OC)c2c(c1Cl)OC1(C(=O)C=C(Nc3ccc4occc(=O)c4c3)CC1C)C2=O. The molecule has 0 bridgehead atoms. The molecule has 9 heteroatoms. The molecule has 0 radical (unpaired) electrons. The quantitative estimate of drug-likeness (QED) is 0.547. The predicted octanol–water partition coefficient (Wildman–Crippen LogP) is 4.38. The van der Waals surface area contributed by atoms with E-state index in [0.29, 0.717) is 28.8 Å². The standard InChI is InChI=1S/C25H20ClNO7/c1-12-8-14(27-13-4-5-17-15(9-13)16(28)6-7-33-17)10-20(29)25(12)24(30)21-18(31-2)11-19(32-3)22(26)23(21)34-25/h4-7,9-12,27H,8H2,1-3H3. The van der Waals surface area contributed by atoms with E-state index < -0.39 is 23.1 Å². The molecule has 0 saturated heterocycles. The summed E-state index contributed by atoms with van der Waals surface area (Å²) in [6, 6.07) is 7.92. The summed E-state index contributed by atoms with van der Waals surface area (Å²) < 4.78 is 22.0. The second-order valence-corrected chi connectivity index (χ2v) is 8.60. The summed E-state index contributed by atoms with van der Waals surface area (Å²) in [4.78, 5) is 39.1. The molecule has 2 atom stereocenters. The Morgan fingerprint density at radius 1 is 1.09 bits per heavy atom. The van der Waals surface area contributed by atoms with Crippen LogP contribution in [0.3, 0.4) is 0 Å². The van der Waals surface area contributed by atoms with Gasteiger partial charge in [0.15, 0.2) is 11.2 Å². The Bertz CT molecular complexity index is 1460. The van der Waals surface area contributed by atoms with E-state index in [1.54, 1.807) is 25.1 Å². The van der Waals surface area contributed by atoms with E-state index in [9.17, 15) is 14.4 Å². The number of halogens is 1. The average molecular weight is 482 g/mol. The molecule has 5 rings (SSSR count). The number of anilines is 1. The lowest BCUT2D eigenvalue weighted by molar-refractivity contribution is -0.129. The van der Waals surface area contributed by atoms with Crippen LogP contribution in [-0.4, -0.2) is 31.4 Å². The summed E-state index contributed by atoms with van der Waals surface area (Å²) in [5, 5.41) is 3.70. The minimum absolute atomic E-state index is 0.0779. The fraction of sp³-hybridized carbons (Fsp3) is 0.240. The third-order valence-electron chi connectivity index (χ3n) is 6.27. The Hall–Kier alpha value is -3.78. The van der Waals surface area contributed by atoms with Gasteiger partial charge in [-0.15, -0.1) is 0 Å². The Morgan fingerprint density at radius 3 is 2.56 bits per heavy atom. The molecule has 1 aliphatic carbocycles. The zero-order chi connectivity index (χ0) is 24.2. The van der Waals surface area contributed by atoms with Crippen LogP contribution in [0.15, 0.2) is 57.6 Å². The molecule has 2 heterocycles. The molecule has 2 unspecified atom stereocenters. The molecule has 8 nitrogen and oxygen atoms in total. The fourth-order valence-corrected chi connectivity index (χ4v) is 4.83. The number of carbonyl (C=O) groups is 2. The van der Waals surface area contributed by atoms with Crippen LogP contribution in [0.4, 0.5) is 5.69 Å². The number of fused-ring (bicyclic) bond motifs is 2. The van der Waals surface area contributed by atoms with E-state index in [1.807, 2.05) is 0 Å². The number of hydrogen-bond acceptors (Lipinski definition) is 8. The second-order valence-electron chi connectivity index (χ2n) is 8.23. The normalized spacial score (nSPS) is 21.3. The van der Waals surface area contributed by atoms with Gasteiger partial charge in [0.25, 0.3) is 0 Å². The number of methoxy groups -OCH3 is 2. The number of ketones is 2. The van der Waals surface area contributed by atoms with E-state index >= 15 is 0 Å². The minimum atomic E-state index is -1.75. The molecule has 0 fully saturated rings. The third kappa shape index (κ3) is 3.09. The number of Topliss-reactive ketones (excluding diaryl/α,β-unsaturated/α-hetero) is 1. The summed E-state index contributed by atoms with van der Waals surface area (Å²) in [7, 11) is 2.85. The summed E-state index contributed by atoms with van der Waals surface area (Å²) in [5.74, 6) is -0.955. The van der Waals surface area contributed by atoms with Crippen molar-refractivity contribution >= 4 is 39.8 Å². The van der Waals surface area contributed by atoms with Gasteiger partial charge < -0.3 is 23.9 Å². The van der Waals surface area contributed by atoms with Crippen LogP contribution in [0.25, 0.3) is 11.0 Å². The highest BCUT2D eigenvalue weighted by atomic mass is 35.5. The third-order valence-corrected chi connectivity index (χ3v) is 6.63.